The lowest BCUT2D eigenvalue weighted by Crippen LogP contribution is -2.52. The summed E-state index contributed by atoms with van der Waals surface area (Å²) in [6.07, 6.45) is 4.44. The van der Waals surface area contributed by atoms with Crippen molar-refractivity contribution in [1.29, 1.82) is 0 Å². The third-order valence-corrected chi connectivity index (χ3v) is 6.89. The third-order valence-electron chi connectivity index (χ3n) is 6.89. The van der Waals surface area contributed by atoms with Gasteiger partial charge in [0.15, 0.2) is 0 Å². The van der Waals surface area contributed by atoms with Crippen LogP contribution < -0.4 is 15.4 Å². The molecule has 1 amide bonds. The monoisotopic (exact) mass is 505 g/mol. The van der Waals surface area contributed by atoms with Crippen molar-refractivity contribution < 1.29 is 27.8 Å². The van der Waals surface area contributed by atoms with Gasteiger partial charge in [-0.1, -0.05) is 0 Å². The largest absolute Gasteiger partial charge is 0.471 e. The molecule has 2 aromatic rings. The molecule has 196 valence electrons. The van der Waals surface area contributed by atoms with Gasteiger partial charge in [0.2, 0.25) is 11.8 Å². The number of carbonyl (C=O) groups is 1. The Hall–Kier alpha value is -2.65. The Morgan fingerprint density at radius 3 is 2.50 bits per heavy atom. The van der Waals surface area contributed by atoms with Crippen molar-refractivity contribution in [3.05, 3.63) is 58.8 Å². The highest BCUT2D eigenvalue weighted by Crippen LogP contribution is 2.48. The summed E-state index contributed by atoms with van der Waals surface area (Å²) in [6, 6.07) is 4.10. The summed E-state index contributed by atoms with van der Waals surface area (Å²) in [6.45, 7) is 4.48. The first-order valence-electron chi connectivity index (χ1n) is 12.4. The molecule has 1 aliphatic heterocycles. The minimum atomic E-state index is -1.39. The van der Waals surface area contributed by atoms with Crippen LogP contribution in [0.25, 0.3) is 0 Å². The molecule has 1 spiro atoms. The van der Waals surface area contributed by atoms with E-state index in [0.29, 0.717) is 17.9 Å². The molecule has 1 fully saturated rings. The number of rotatable bonds is 9. The van der Waals surface area contributed by atoms with Crippen LogP contribution in [-0.2, 0) is 17.6 Å². The molecule has 1 aromatic heterocycles. The van der Waals surface area contributed by atoms with Gasteiger partial charge >= 0.3 is 0 Å². The van der Waals surface area contributed by atoms with Crippen molar-refractivity contribution in [2.45, 2.75) is 88.8 Å². The second-order valence-corrected chi connectivity index (χ2v) is 10.8. The molecule has 0 unspecified atom stereocenters. The number of hydrogen-bond acceptors (Lipinski definition) is 5. The zero-order chi connectivity index (χ0) is 26.1. The van der Waals surface area contributed by atoms with E-state index >= 15 is 0 Å². The van der Waals surface area contributed by atoms with E-state index in [2.05, 4.69) is 15.6 Å². The van der Waals surface area contributed by atoms with Crippen molar-refractivity contribution in [1.82, 2.24) is 15.6 Å². The molecular formula is C27H34F3N3O3. The highest BCUT2D eigenvalue weighted by Gasteiger charge is 2.46. The van der Waals surface area contributed by atoms with Crippen LogP contribution in [0.4, 0.5) is 13.2 Å². The lowest BCUT2D eigenvalue weighted by atomic mass is 9.73. The van der Waals surface area contributed by atoms with E-state index in [1.54, 1.807) is 6.20 Å². The van der Waals surface area contributed by atoms with Crippen LogP contribution in [0.1, 0.15) is 69.2 Å². The number of hydrogen-bond donors (Lipinski definition) is 3. The quantitative estimate of drug-likeness (QED) is 0.478. The van der Waals surface area contributed by atoms with Gasteiger partial charge in [-0.2, -0.15) is 0 Å². The van der Waals surface area contributed by atoms with Crippen molar-refractivity contribution >= 4 is 5.91 Å². The summed E-state index contributed by atoms with van der Waals surface area (Å²) >= 11 is 0. The van der Waals surface area contributed by atoms with E-state index in [9.17, 15) is 23.1 Å². The topological polar surface area (TPSA) is 83.5 Å². The number of halogens is 3. The minimum Gasteiger partial charge on any atom is -0.471 e. The van der Waals surface area contributed by atoms with Gasteiger partial charge in [-0.15, -0.1) is 0 Å². The molecule has 9 heteroatoms. The predicted molar refractivity (Wildman–Crippen MR) is 129 cm³/mol. The molecule has 0 radical (unpaired) electrons. The van der Waals surface area contributed by atoms with E-state index < -0.39 is 29.4 Å². The first-order valence-corrected chi connectivity index (χ1v) is 12.4. The number of nitrogens with zero attached hydrogens (tertiary/aromatic N) is 1. The second kappa shape index (κ2) is 10.4. The SMILES string of the molecule is CC(=O)N[C@@H](Cc1cc(F)cc(F)c1)[C@H](O)CN[C@H]1CC2(CCC2)Oc2ncc(CC(C)(C)F)cc21. The number of aromatic nitrogens is 1. The van der Waals surface area contributed by atoms with Crippen LogP contribution in [-0.4, -0.2) is 46.0 Å². The van der Waals surface area contributed by atoms with Crippen LogP contribution in [0, 0.1) is 11.6 Å². The second-order valence-electron chi connectivity index (χ2n) is 10.8. The Balaban J connectivity index is 1.51. The van der Waals surface area contributed by atoms with Crippen LogP contribution >= 0.6 is 0 Å². The smallest absolute Gasteiger partial charge is 0.218 e. The molecule has 6 nitrogen and oxygen atoms in total. The summed E-state index contributed by atoms with van der Waals surface area (Å²) in [5.74, 6) is -1.28. The zero-order valence-corrected chi connectivity index (χ0v) is 20.9. The lowest BCUT2D eigenvalue weighted by molar-refractivity contribution is -0.120. The lowest BCUT2D eigenvalue weighted by Gasteiger charge is -2.47. The third kappa shape index (κ3) is 6.56. The van der Waals surface area contributed by atoms with E-state index in [-0.39, 0.29) is 36.9 Å². The van der Waals surface area contributed by atoms with Crippen LogP contribution in [0.3, 0.4) is 0 Å². The standard InChI is InChI=1S/C27H34F3N3O3/c1-16(34)33-22(10-17-7-19(28)11-20(29)8-17)24(35)15-31-23-13-27(5-4-6-27)36-25-21(23)9-18(14-32-25)12-26(2,3)30/h7-9,11,14,22-24,31,35H,4-6,10,12-13,15H2,1-3H3,(H,33,34)/t22-,23-,24+/m0/s1. The number of amides is 1. The van der Waals surface area contributed by atoms with Crippen molar-refractivity contribution in [2.75, 3.05) is 6.54 Å². The molecule has 1 aromatic carbocycles. The fourth-order valence-electron chi connectivity index (χ4n) is 5.15. The van der Waals surface area contributed by atoms with E-state index in [1.165, 1.54) is 32.9 Å². The Morgan fingerprint density at radius 1 is 1.22 bits per heavy atom. The first-order chi connectivity index (χ1) is 16.9. The number of carbonyl (C=O) groups excluding carboxylic acids is 1. The van der Waals surface area contributed by atoms with E-state index in [1.807, 2.05) is 6.07 Å². The molecule has 3 N–H and O–H groups in total. The molecule has 1 aliphatic carbocycles. The Morgan fingerprint density at radius 2 is 1.92 bits per heavy atom. The predicted octanol–water partition coefficient (Wildman–Crippen LogP) is 4.09. The average molecular weight is 506 g/mol. The van der Waals surface area contributed by atoms with Crippen LogP contribution in [0.2, 0.25) is 0 Å². The Bertz CT molecular complexity index is 1080. The molecule has 0 bridgehead atoms. The normalized spacial score (nSPS) is 20.1. The fraction of sp³-hybridized carbons (Fsp3) is 0.556. The number of pyridine rings is 1. The molecule has 0 saturated heterocycles. The highest BCUT2D eigenvalue weighted by molar-refractivity contribution is 5.73. The molecule has 4 rings (SSSR count). The van der Waals surface area contributed by atoms with E-state index in [0.717, 1.165) is 36.5 Å². The molecule has 2 aliphatic rings. The maximum atomic E-state index is 14.3. The summed E-state index contributed by atoms with van der Waals surface area (Å²) in [5.41, 5.74) is 0.204. The molecular weight excluding hydrogens is 471 g/mol. The van der Waals surface area contributed by atoms with Gasteiger partial charge in [-0.3, -0.25) is 4.79 Å². The van der Waals surface area contributed by atoms with Gasteiger partial charge in [0.05, 0.1) is 12.1 Å². The number of fused-ring (bicyclic) bond motifs is 1. The number of alkyl halides is 1. The summed E-state index contributed by atoms with van der Waals surface area (Å²) < 4.78 is 47.9. The number of nitrogens with one attached hydrogen (secondary N) is 2. The number of ether oxygens (including phenoxy) is 1. The van der Waals surface area contributed by atoms with Crippen LogP contribution in [0.15, 0.2) is 30.5 Å². The minimum absolute atomic E-state index is 0.0582. The number of aliphatic hydroxyl groups excluding tert-OH is 1. The van der Waals surface area contributed by atoms with Gasteiger partial charge in [-0.25, -0.2) is 18.2 Å². The molecule has 2 heterocycles. The van der Waals surface area contributed by atoms with Crippen molar-refractivity contribution in [3.63, 3.8) is 0 Å². The Kier molecular flexibility index (Phi) is 7.61. The Labute approximate surface area is 209 Å². The maximum absolute atomic E-state index is 14.3. The molecule has 1 saturated carbocycles. The average Bonchev–Trinajstić information content (AvgIpc) is 2.73. The van der Waals surface area contributed by atoms with E-state index in [4.69, 9.17) is 4.74 Å². The van der Waals surface area contributed by atoms with Crippen molar-refractivity contribution in [3.8, 4) is 5.88 Å². The first kappa shape index (κ1) is 26.4. The maximum Gasteiger partial charge on any atom is 0.218 e. The molecule has 36 heavy (non-hydrogen) atoms. The van der Waals surface area contributed by atoms with Gasteiger partial charge < -0.3 is 20.5 Å². The highest BCUT2D eigenvalue weighted by atomic mass is 19.1. The van der Waals surface area contributed by atoms with Crippen LogP contribution in [0.5, 0.6) is 5.88 Å². The summed E-state index contributed by atoms with van der Waals surface area (Å²) in [7, 11) is 0. The number of aliphatic hydroxyl groups is 1. The van der Waals surface area contributed by atoms with Gasteiger partial charge in [-0.05, 0) is 68.9 Å². The van der Waals surface area contributed by atoms with Gasteiger partial charge in [0.1, 0.15) is 22.9 Å². The summed E-state index contributed by atoms with van der Waals surface area (Å²) in [4.78, 5) is 16.3. The van der Waals surface area contributed by atoms with Crippen molar-refractivity contribution in [2.24, 2.45) is 0 Å². The van der Waals surface area contributed by atoms with Gasteiger partial charge in [0.25, 0.3) is 0 Å². The van der Waals surface area contributed by atoms with Gasteiger partial charge in [0, 0.05) is 50.2 Å². The zero-order valence-electron chi connectivity index (χ0n) is 20.9. The molecule has 3 atom stereocenters. The number of benzene rings is 1. The summed E-state index contributed by atoms with van der Waals surface area (Å²) in [5, 5.41) is 17.1. The fourth-order valence-corrected chi connectivity index (χ4v) is 5.15.